The monoisotopic (exact) mass is 314 g/mol. The van der Waals surface area contributed by atoms with E-state index in [1.54, 1.807) is 19.2 Å². The molecule has 6 nitrogen and oxygen atoms in total. The smallest absolute Gasteiger partial charge is 0.250 e. The lowest BCUT2D eigenvalue weighted by Gasteiger charge is -2.39. The summed E-state index contributed by atoms with van der Waals surface area (Å²) in [6, 6.07) is 5.37. The number of hydrogen-bond acceptors (Lipinski definition) is 4. The molecule has 0 atom stereocenters. The zero-order chi connectivity index (χ0) is 17.0. The van der Waals surface area contributed by atoms with Gasteiger partial charge in [-0.1, -0.05) is 12.1 Å². The zero-order valence-corrected chi connectivity index (χ0v) is 14.1. The number of carbonyl (C=O) groups is 1. The minimum Gasteiger partial charge on any atom is -0.366 e. The molecular formula is C17H22N4O2. The Kier molecular flexibility index (Phi) is 3.35. The topological polar surface area (TPSA) is 84.2 Å². The maximum Gasteiger partial charge on any atom is 0.250 e. The number of hydroxylamine groups is 2. The van der Waals surface area contributed by atoms with E-state index in [-0.39, 0.29) is 11.1 Å². The van der Waals surface area contributed by atoms with Crippen LogP contribution in [0.15, 0.2) is 24.3 Å². The number of aromatic nitrogens is 2. The average molecular weight is 314 g/mol. The Labute approximate surface area is 135 Å². The van der Waals surface area contributed by atoms with Crippen LogP contribution in [0.2, 0.25) is 0 Å². The van der Waals surface area contributed by atoms with Crippen LogP contribution in [-0.4, -0.2) is 39.1 Å². The van der Waals surface area contributed by atoms with Gasteiger partial charge in [0, 0.05) is 5.57 Å². The molecule has 3 N–H and O–H groups in total. The highest BCUT2D eigenvalue weighted by Gasteiger charge is 2.47. The Hall–Kier alpha value is -2.18. The van der Waals surface area contributed by atoms with E-state index in [1.165, 1.54) is 0 Å². The van der Waals surface area contributed by atoms with Gasteiger partial charge in [-0.25, -0.2) is 4.98 Å². The predicted octanol–water partition coefficient (Wildman–Crippen LogP) is 2.48. The van der Waals surface area contributed by atoms with Crippen LogP contribution in [0.1, 0.15) is 43.9 Å². The van der Waals surface area contributed by atoms with E-state index in [2.05, 4.69) is 43.7 Å². The van der Waals surface area contributed by atoms with Gasteiger partial charge in [0.15, 0.2) is 0 Å². The predicted molar refractivity (Wildman–Crippen MR) is 89.6 cm³/mol. The van der Waals surface area contributed by atoms with E-state index < -0.39 is 5.91 Å². The van der Waals surface area contributed by atoms with Gasteiger partial charge in [0.2, 0.25) is 0 Å². The number of fused-ring (bicyclic) bond motifs is 1. The number of rotatable bonds is 3. The summed E-state index contributed by atoms with van der Waals surface area (Å²) in [6.45, 7) is 8.34. The molecule has 1 aliphatic rings. The lowest BCUT2D eigenvalue weighted by Crippen LogP contribution is -2.49. The van der Waals surface area contributed by atoms with Gasteiger partial charge in [0.05, 0.1) is 29.3 Å². The van der Waals surface area contributed by atoms with Crippen molar-refractivity contribution in [2.24, 2.45) is 5.73 Å². The third-order valence-electron chi connectivity index (χ3n) is 4.40. The summed E-state index contributed by atoms with van der Waals surface area (Å²) < 4.78 is 0. The van der Waals surface area contributed by atoms with E-state index in [1.807, 2.05) is 11.1 Å². The van der Waals surface area contributed by atoms with Gasteiger partial charge < -0.3 is 15.6 Å². The van der Waals surface area contributed by atoms with Gasteiger partial charge in [0.25, 0.3) is 5.91 Å². The van der Waals surface area contributed by atoms with Crippen LogP contribution in [0.5, 0.6) is 0 Å². The van der Waals surface area contributed by atoms with E-state index in [4.69, 9.17) is 10.6 Å². The Morgan fingerprint density at radius 1 is 1.30 bits per heavy atom. The van der Waals surface area contributed by atoms with Crippen LogP contribution in [0, 0.1) is 0 Å². The molecule has 0 spiro atoms. The molecule has 0 saturated heterocycles. The minimum atomic E-state index is -0.479. The van der Waals surface area contributed by atoms with E-state index in [0.29, 0.717) is 11.1 Å². The van der Waals surface area contributed by atoms with Crippen molar-refractivity contribution in [1.82, 2.24) is 15.0 Å². The number of amides is 1. The highest BCUT2D eigenvalue weighted by atomic mass is 16.7. The van der Waals surface area contributed by atoms with Crippen molar-refractivity contribution >= 4 is 22.5 Å². The van der Waals surface area contributed by atoms with Gasteiger partial charge in [-0.2, -0.15) is 5.06 Å². The van der Waals surface area contributed by atoms with Crippen molar-refractivity contribution < 1.29 is 9.63 Å². The first kappa shape index (κ1) is 15.7. The molecule has 2 heterocycles. The van der Waals surface area contributed by atoms with Gasteiger partial charge in [0.1, 0.15) is 11.3 Å². The fourth-order valence-electron chi connectivity index (χ4n) is 3.60. The van der Waals surface area contributed by atoms with Gasteiger partial charge in [-0.15, -0.1) is 0 Å². The van der Waals surface area contributed by atoms with Crippen molar-refractivity contribution in [3.05, 3.63) is 35.7 Å². The van der Waals surface area contributed by atoms with Crippen LogP contribution in [0.4, 0.5) is 0 Å². The molecule has 0 radical (unpaired) electrons. The molecular weight excluding hydrogens is 292 g/mol. The number of carbonyl (C=O) groups excluding carboxylic acids is 1. The van der Waals surface area contributed by atoms with Crippen LogP contribution < -0.4 is 5.73 Å². The first-order chi connectivity index (χ1) is 10.7. The molecule has 1 aromatic heterocycles. The molecule has 23 heavy (non-hydrogen) atoms. The Morgan fingerprint density at radius 3 is 2.57 bits per heavy atom. The van der Waals surface area contributed by atoms with Crippen molar-refractivity contribution in [2.45, 2.75) is 38.8 Å². The number of primary amides is 1. The summed E-state index contributed by atoms with van der Waals surface area (Å²) in [4.78, 5) is 25.1. The molecule has 0 aliphatic carbocycles. The number of nitrogens with two attached hydrogens (primary N) is 1. The van der Waals surface area contributed by atoms with Crippen LogP contribution >= 0.6 is 0 Å². The van der Waals surface area contributed by atoms with Gasteiger partial charge >= 0.3 is 0 Å². The van der Waals surface area contributed by atoms with Crippen LogP contribution in [0.3, 0.4) is 0 Å². The summed E-state index contributed by atoms with van der Waals surface area (Å²) in [5, 5.41) is 1.94. The molecule has 0 unspecified atom stereocenters. The van der Waals surface area contributed by atoms with Crippen LogP contribution in [0.25, 0.3) is 16.6 Å². The lowest BCUT2D eigenvalue weighted by molar-refractivity contribution is -0.209. The number of benzene rings is 1. The van der Waals surface area contributed by atoms with Crippen molar-refractivity contribution in [1.29, 1.82) is 0 Å². The van der Waals surface area contributed by atoms with Crippen molar-refractivity contribution in [2.75, 3.05) is 7.11 Å². The second-order valence-electron chi connectivity index (χ2n) is 6.90. The normalized spacial score (nSPS) is 20.0. The summed E-state index contributed by atoms with van der Waals surface area (Å²) in [6.07, 6.45) is 2.14. The number of hydrogen-bond donors (Lipinski definition) is 2. The fraction of sp³-hybridized carbons (Fsp3) is 0.412. The maximum atomic E-state index is 11.6. The van der Waals surface area contributed by atoms with Crippen molar-refractivity contribution in [3.8, 4) is 0 Å². The Bertz CT molecular complexity index is 817. The number of H-pyrrole nitrogens is 1. The van der Waals surface area contributed by atoms with Crippen LogP contribution in [-0.2, 0) is 4.84 Å². The van der Waals surface area contributed by atoms with E-state index in [9.17, 15) is 4.79 Å². The molecule has 1 amide bonds. The van der Waals surface area contributed by atoms with Gasteiger partial charge in [-0.05, 0) is 39.8 Å². The minimum absolute atomic E-state index is 0.265. The highest BCUT2D eigenvalue weighted by Crippen LogP contribution is 2.44. The molecule has 0 saturated carbocycles. The summed E-state index contributed by atoms with van der Waals surface area (Å²) in [5.74, 6) is 0.249. The molecule has 1 aliphatic heterocycles. The average Bonchev–Trinajstić information content (AvgIpc) is 2.94. The zero-order valence-electron chi connectivity index (χ0n) is 14.1. The van der Waals surface area contributed by atoms with E-state index >= 15 is 0 Å². The third kappa shape index (κ3) is 2.26. The first-order valence-corrected chi connectivity index (χ1v) is 7.55. The quantitative estimate of drug-likeness (QED) is 0.911. The number of nitrogens with zero attached hydrogens (tertiary/aromatic N) is 2. The van der Waals surface area contributed by atoms with Crippen molar-refractivity contribution in [3.63, 3.8) is 0 Å². The molecule has 3 rings (SSSR count). The van der Waals surface area contributed by atoms with Gasteiger partial charge in [-0.3, -0.25) is 4.79 Å². The standard InChI is InChI=1S/C17H22N4O2/c1-16(2)9-11(17(3,4)21(16)23-5)15-19-12-8-6-7-10(14(18)22)13(12)20-15/h6-9H,1-5H3,(H2,18,22)(H,19,20). The second-order valence-corrected chi connectivity index (χ2v) is 6.90. The SMILES string of the molecule is CON1C(C)(C)C=C(c2nc3c(C(N)=O)cccc3[nH]2)C1(C)C. The molecule has 122 valence electrons. The Morgan fingerprint density at radius 2 is 2.00 bits per heavy atom. The molecule has 2 aromatic rings. The number of aromatic amines is 1. The fourth-order valence-corrected chi connectivity index (χ4v) is 3.60. The number of nitrogens with one attached hydrogen (secondary N) is 1. The Balaban J connectivity index is 2.18. The number of para-hydroxylation sites is 1. The molecule has 1 aromatic carbocycles. The third-order valence-corrected chi connectivity index (χ3v) is 4.40. The maximum absolute atomic E-state index is 11.6. The second kappa shape index (κ2) is 4.91. The van der Waals surface area contributed by atoms with E-state index in [0.717, 1.165) is 16.9 Å². The number of imidazole rings is 1. The largest absolute Gasteiger partial charge is 0.366 e. The summed E-state index contributed by atoms with van der Waals surface area (Å²) in [7, 11) is 1.67. The lowest BCUT2D eigenvalue weighted by atomic mass is 9.96. The molecule has 6 heteroatoms. The highest BCUT2D eigenvalue weighted by molar-refractivity contribution is 6.04. The summed E-state index contributed by atoms with van der Waals surface area (Å²) in [5.41, 5.74) is 7.66. The first-order valence-electron chi connectivity index (χ1n) is 7.55. The molecule has 0 fully saturated rings. The summed E-state index contributed by atoms with van der Waals surface area (Å²) >= 11 is 0. The molecule has 0 bridgehead atoms.